The van der Waals surface area contributed by atoms with Gasteiger partial charge in [-0.05, 0) is 25.3 Å². The number of rotatable bonds is 5. The van der Waals surface area contributed by atoms with Gasteiger partial charge in [0.2, 0.25) is 5.91 Å². The van der Waals surface area contributed by atoms with Crippen molar-refractivity contribution >= 4 is 5.91 Å². The second-order valence-electron chi connectivity index (χ2n) is 5.96. The van der Waals surface area contributed by atoms with E-state index in [2.05, 4.69) is 46.6 Å². The molecule has 1 amide bonds. The molecule has 5 nitrogen and oxygen atoms in total. The van der Waals surface area contributed by atoms with Crippen LogP contribution in [0.2, 0.25) is 0 Å². The summed E-state index contributed by atoms with van der Waals surface area (Å²) in [5.74, 6) is -0.0570. The molecule has 1 aromatic heterocycles. The van der Waals surface area contributed by atoms with E-state index in [1.54, 1.807) is 11.0 Å². The minimum atomic E-state index is -0.153. The highest BCUT2D eigenvalue weighted by molar-refractivity contribution is 5.79. The molecule has 1 heterocycles. The summed E-state index contributed by atoms with van der Waals surface area (Å²) < 4.78 is 1.69. The molecule has 0 spiro atoms. The van der Waals surface area contributed by atoms with E-state index < -0.39 is 0 Å². The van der Waals surface area contributed by atoms with Crippen LogP contribution in [0.4, 0.5) is 0 Å². The Morgan fingerprint density at radius 3 is 2.90 bits per heavy atom. The smallest absolute Gasteiger partial charge is 0.225 e. The van der Waals surface area contributed by atoms with E-state index in [4.69, 9.17) is 0 Å². The molecular formula is C16H20N4O. The predicted octanol–water partition coefficient (Wildman–Crippen LogP) is 2.03. The zero-order valence-electron chi connectivity index (χ0n) is 12.4. The summed E-state index contributed by atoms with van der Waals surface area (Å²) in [7, 11) is 0. The van der Waals surface area contributed by atoms with Crippen molar-refractivity contribution in [3.8, 4) is 0 Å². The highest BCUT2D eigenvalue weighted by Crippen LogP contribution is 2.45. The molecule has 1 aromatic carbocycles. The van der Waals surface area contributed by atoms with Gasteiger partial charge in [-0.2, -0.15) is 5.10 Å². The molecule has 1 saturated carbocycles. The largest absolute Gasteiger partial charge is 0.346 e. The van der Waals surface area contributed by atoms with Crippen LogP contribution in [0.25, 0.3) is 0 Å². The number of hydrogen-bond donors (Lipinski definition) is 1. The summed E-state index contributed by atoms with van der Waals surface area (Å²) in [6.07, 6.45) is 5.15. The summed E-state index contributed by atoms with van der Waals surface area (Å²) in [6.45, 7) is 4.55. The van der Waals surface area contributed by atoms with Crippen molar-refractivity contribution in [1.29, 1.82) is 0 Å². The monoisotopic (exact) mass is 284 g/mol. The van der Waals surface area contributed by atoms with Crippen molar-refractivity contribution in [3.05, 3.63) is 48.0 Å². The van der Waals surface area contributed by atoms with Crippen LogP contribution in [0.5, 0.6) is 0 Å². The van der Waals surface area contributed by atoms with Gasteiger partial charge in [0.25, 0.3) is 0 Å². The number of aryl methyl sites for hydroxylation is 1. The third kappa shape index (κ3) is 2.96. The first kappa shape index (κ1) is 13.8. The Hall–Kier alpha value is -2.17. The van der Waals surface area contributed by atoms with Crippen molar-refractivity contribution in [1.82, 2.24) is 20.1 Å². The molecule has 1 aliphatic rings. The SMILES string of the molecule is Cc1cccc(C2(NC(=O)C(C)Cn3cncn3)CC2)c1. The van der Waals surface area contributed by atoms with Gasteiger partial charge in [0.15, 0.2) is 0 Å². The normalized spacial score (nSPS) is 17.2. The van der Waals surface area contributed by atoms with Crippen molar-refractivity contribution in [3.63, 3.8) is 0 Å². The van der Waals surface area contributed by atoms with E-state index in [-0.39, 0.29) is 17.4 Å². The number of carbonyl (C=O) groups excluding carboxylic acids is 1. The van der Waals surface area contributed by atoms with E-state index in [9.17, 15) is 4.79 Å². The fourth-order valence-electron chi connectivity index (χ4n) is 2.60. The molecule has 1 aliphatic carbocycles. The van der Waals surface area contributed by atoms with Gasteiger partial charge in [0, 0.05) is 0 Å². The zero-order chi connectivity index (χ0) is 14.9. The average molecular weight is 284 g/mol. The first-order valence-electron chi connectivity index (χ1n) is 7.31. The highest BCUT2D eigenvalue weighted by atomic mass is 16.2. The van der Waals surface area contributed by atoms with Crippen LogP contribution in [0.15, 0.2) is 36.9 Å². The van der Waals surface area contributed by atoms with Crippen LogP contribution in [-0.2, 0) is 16.9 Å². The maximum Gasteiger partial charge on any atom is 0.225 e. The van der Waals surface area contributed by atoms with Crippen LogP contribution in [0.3, 0.4) is 0 Å². The first-order valence-corrected chi connectivity index (χ1v) is 7.31. The number of hydrogen-bond acceptors (Lipinski definition) is 3. The van der Waals surface area contributed by atoms with Crippen molar-refractivity contribution in [2.24, 2.45) is 5.92 Å². The molecule has 3 rings (SSSR count). The van der Waals surface area contributed by atoms with Gasteiger partial charge in [-0.25, -0.2) is 4.98 Å². The third-order valence-electron chi connectivity index (χ3n) is 4.06. The van der Waals surface area contributed by atoms with Crippen molar-refractivity contribution < 1.29 is 4.79 Å². The Morgan fingerprint density at radius 2 is 2.29 bits per heavy atom. The van der Waals surface area contributed by atoms with E-state index in [0.29, 0.717) is 6.54 Å². The highest BCUT2D eigenvalue weighted by Gasteiger charge is 2.46. The molecule has 1 unspecified atom stereocenters. The average Bonchev–Trinajstić information content (AvgIpc) is 3.06. The summed E-state index contributed by atoms with van der Waals surface area (Å²) in [5, 5.41) is 7.27. The number of benzene rings is 1. The van der Waals surface area contributed by atoms with Crippen molar-refractivity contribution in [2.75, 3.05) is 0 Å². The standard InChI is InChI=1S/C16H20N4O/c1-12-4-3-5-14(8-12)16(6-7-16)19-15(21)13(2)9-20-11-17-10-18-20/h3-5,8,10-11,13H,6-7,9H2,1-2H3,(H,19,21). The first-order chi connectivity index (χ1) is 10.1. The van der Waals surface area contributed by atoms with Gasteiger partial charge in [0.1, 0.15) is 12.7 Å². The number of aromatic nitrogens is 3. The topological polar surface area (TPSA) is 59.8 Å². The fourth-order valence-corrected chi connectivity index (χ4v) is 2.60. The van der Waals surface area contributed by atoms with Crippen LogP contribution in [-0.4, -0.2) is 20.7 Å². The van der Waals surface area contributed by atoms with Gasteiger partial charge in [-0.3, -0.25) is 9.48 Å². The summed E-state index contributed by atoms with van der Waals surface area (Å²) in [5.41, 5.74) is 2.28. The Morgan fingerprint density at radius 1 is 1.48 bits per heavy atom. The third-order valence-corrected chi connectivity index (χ3v) is 4.06. The van der Waals surface area contributed by atoms with Crippen LogP contribution >= 0.6 is 0 Å². The maximum absolute atomic E-state index is 12.4. The lowest BCUT2D eigenvalue weighted by Crippen LogP contribution is -2.39. The lowest BCUT2D eigenvalue weighted by atomic mass is 10.0. The molecular weight excluding hydrogens is 264 g/mol. The quantitative estimate of drug-likeness (QED) is 0.914. The number of nitrogens with one attached hydrogen (secondary N) is 1. The molecule has 0 bridgehead atoms. The number of amides is 1. The lowest BCUT2D eigenvalue weighted by molar-refractivity contribution is -0.126. The molecule has 1 fully saturated rings. The Labute approximate surface area is 124 Å². The van der Waals surface area contributed by atoms with E-state index in [1.807, 2.05) is 6.92 Å². The minimum absolute atomic E-state index is 0.0736. The van der Waals surface area contributed by atoms with Gasteiger partial charge < -0.3 is 5.32 Å². The zero-order valence-corrected chi connectivity index (χ0v) is 12.4. The molecule has 5 heteroatoms. The van der Waals surface area contributed by atoms with Crippen LogP contribution < -0.4 is 5.32 Å². The fraction of sp³-hybridized carbons (Fsp3) is 0.438. The number of carbonyl (C=O) groups is 1. The van der Waals surface area contributed by atoms with Gasteiger partial charge in [-0.15, -0.1) is 0 Å². The summed E-state index contributed by atoms with van der Waals surface area (Å²) in [6, 6.07) is 8.39. The second kappa shape index (κ2) is 5.31. The van der Waals surface area contributed by atoms with Gasteiger partial charge >= 0.3 is 0 Å². The summed E-state index contributed by atoms with van der Waals surface area (Å²) in [4.78, 5) is 16.3. The van der Waals surface area contributed by atoms with E-state index in [1.165, 1.54) is 17.5 Å². The molecule has 1 atom stereocenters. The molecule has 110 valence electrons. The molecule has 21 heavy (non-hydrogen) atoms. The second-order valence-corrected chi connectivity index (χ2v) is 5.96. The van der Waals surface area contributed by atoms with E-state index >= 15 is 0 Å². The Bertz CT molecular complexity index is 631. The van der Waals surface area contributed by atoms with Crippen LogP contribution in [0, 0.1) is 12.8 Å². The maximum atomic E-state index is 12.4. The molecule has 0 saturated heterocycles. The van der Waals surface area contributed by atoms with Gasteiger partial charge in [-0.1, -0.05) is 36.8 Å². The summed E-state index contributed by atoms with van der Waals surface area (Å²) >= 11 is 0. The predicted molar refractivity (Wildman–Crippen MR) is 79.4 cm³/mol. The Balaban J connectivity index is 1.67. The molecule has 0 radical (unpaired) electrons. The van der Waals surface area contributed by atoms with Gasteiger partial charge in [0.05, 0.1) is 18.0 Å². The lowest BCUT2D eigenvalue weighted by Gasteiger charge is -2.21. The Kier molecular flexibility index (Phi) is 3.49. The number of nitrogens with zero attached hydrogens (tertiary/aromatic N) is 3. The van der Waals surface area contributed by atoms with E-state index in [0.717, 1.165) is 12.8 Å². The van der Waals surface area contributed by atoms with Crippen molar-refractivity contribution in [2.45, 2.75) is 38.8 Å². The van der Waals surface area contributed by atoms with Crippen LogP contribution in [0.1, 0.15) is 30.9 Å². The minimum Gasteiger partial charge on any atom is -0.346 e. The molecule has 1 N–H and O–H groups in total. The molecule has 2 aromatic rings. The molecule has 0 aliphatic heterocycles.